The van der Waals surface area contributed by atoms with E-state index in [0.29, 0.717) is 40.6 Å². The standard InChI is InChI=1S/C31H30F2N8O4/c1-3-18-14-19(4-6-21(18)31(43)37-11-10-35-25(42)15-34)40-29-30-39-17-23(41(30)13-12-36-29)22-7-8-24(28(33)27(22)32)45-26-9-5-20(44-2)16-38-26/h4-9,12-14,16-17H,3,10-11,15,34H2,1-2H3,(H,35,42)(H,36,40)(H,37,43). The lowest BCUT2D eigenvalue weighted by Gasteiger charge is -2.13. The monoisotopic (exact) mass is 616 g/mol. The molecule has 2 aromatic carbocycles. The Morgan fingerprint density at radius 2 is 1.80 bits per heavy atom. The van der Waals surface area contributed by atoms with Gasteiger partial charge in [0.2, 0.25) is 17.6 Å². The van der Waals surface area contributed by atoms with E-state index >= 15 is 8.78 Å². The molecule has 12 nitrogen and oxygen atoms in total. The first-order valence-electron chi connectivity index (χ1n) is 14.0. The molecule has 14 heteroatoms. The molecule has 0 fully saturated rings. The van der Waals surface area contributed by atoms with Gasteiger partial charge in [-0.1, -0.05) is 6.92 Å². The van der Waals surface area contributed by atoms with Crippen LogP contribution >= 0.6 is 0 Å². The fraction of sp³-hybridized carbons (Fsp3) is 0.194. The summed E-state index contributed by atoms with van der Waals surface area (Å²) in [7, 11) is 1.49. The van der Waals surface area contributed by atoms with Crippen molar-refractivity contribution in [2.75, 3.05) is 32.1 Å². The Hall–Kier alpha value is -5.63. The van der Waals surface area contributed by atoms with Gasteiger partial charge in [0.05, 0.1) is 31.7 Å². The first-order chi connectivity index (χ1) is 21.8. The molecule has 5 N–H and O–H groups in total. The third-order valence-electron chi connectivity index (χ3n) is 6.82. The van der Waals surface area contributed by atoms with Crippen LogP contribution in [-0.2, 0) is 11.2 Å². The van der Waals surface area contributed by atoms with E-state index in [1.165, 1.54) is 43.9 Å². The van der Waals surface area contributed by atoms with Gasteiger partial charge in [-0.25, -0.2) is 19.3 Å². The fourth-order valence-corrected chi connectivity index (χ4v) is 4.54. The number of carbonyl (C=O) groups excluding carboxylic acids is 2. The molecule has 0 unspecified atom stereocenters. The molecule has 0 aliphatic heterocycles. The molecule has 5 aromatic rings. The Kier molecular flexibility index (Phi) is 9.43. The van der Waals surface area contributed by atoms with Crippen molar-refractivity contribution in [3.05, 3.63) is 90.0 Å². The van der Waals surface area contributed by atoms with Gasteiger partial charge in [-0.3, -0.25) is 14.0 Å². The summed E-state index contributed by atoms with van der Waals surface area (Å²) in [5, 5.41) is 8.58. The maximum atomic E-state index is 15.3. The number of methoxy groups -OCH3 is 1. The van der Waals surface area contributed by atoms with Crippen LogP contribution in [0.2, 0.25) is 0 Å². The number of aromatic nitrogens is 4. The second-order valence-corrected chi connectivity index (χ2v) is 9.65. The van der Waals surface area contributed by atoms with Gasteiger partial charge >= 0.3 is 0 Å². The van der Waals surface area contributed by atoms with Crippen LogP contribution < -0.4 is 31.2 Å². The number of amides is 2. The average Bonchev–Trinajstić information content (AvgIpc) is 3.50. The van der Waals surface area contributed by atoms with Crippen molar-refractivity contribution in [2.24, 2.45) is 5.73 Å². The number of fused-ring (bicyclic) bond motifs is 1. The number of aryl methyl sites for hydroxylation is 1. The third-order valence-corrected chi connectivity index (χ3v) is 6.82. The largest absolute Gasteiger partial charge is 0.495 e. The van der Waals surface area contributed by atoms with Crippen LogP contribution in [-0.4, -0.2) is 57.9 Å². The van der Waals surface area contributed by atoms with E-state index in [4.69, 9.17) is 15.2 Å². The molecule has 232 valence electrons. The maximum Gasteiger partial charge on any atom is 0.251 e. The van der Waals surface area contributed by atoms with Crippen LogP contribution in [0, 0.1) is 11.6 Å². The van der Waals surface area contributed by atoms with Gasteiger partial charge < -0.3 is 31.2 Å². The van der Waals surface area contributed by atoms with E-state index in [1.54, 1.807) is 28.8 Å². The zero-order valence-electron chi connectivity index (χ0n) is 24.4. The van der Waals surface area contributed by atoms with E-state index in [2.05, 4.69) is 30.9 Å². The first kappa shape index (κ1) is 30.8. The van der Waals surface area contributed by atoms with Crippen molar-refractivity contribution in [1.29, 1.82) is 0 Å². The van der Waals surface area contributed by atoms with E-state index in [0.717, 1.165) is 5.56 Å². The molecule has 0 aliphatic rings. The molecule has 0 spiro atoms. The van der Waals surface area contributed by atoms with Gasteiger partial charge in [0.15, 0.2) is 23.0 Å². The molecule has 0 bridgehead atoms. The van der Waals surface area contributed by atoms with E-state index < -0.39 is 11.6 Å². The quantitative estimate of drug-likeness (QED) is 0.152. The topological polar surface area (TPSA) is 158 Å². The van der Waals surface area contributed by atoms with Crippen LogP contribution in [0.25, 0.3) is 16.9 Å². The van der Waals surface area contributed by atoms with E-state index in [-0.39, 0.29) is 48.6 Å². The van der Waals surface area contributed by atoms with Crippen molar-refractivity contribution in [3.63, 3.8) is 0 Å². The molecular formula is C31H30F2N8O4. The molecular weight excluding hydrogens is 586 g/mol. The minimum Gasteiger partial charge on any atom is -0.495 e. The number of anilines is 2. The molecule has 2 amide bonds. The molecule has 3 aromatic heterocycles. The number of imidazole rings is 1. The van der Waals surface area contributed by atoms with Crippen molar-refractivity contribution < 1.29 is 27.8 Å². The molecule has 0 saturated carbocycles. The molecule has 0 aliphatic carbocycles. The van der Waals surface area contributed by atoms with Crippen molar-refractivity contribution in [1.82, 2.24) is 30.0 Å². The number of nitrogens with two attached hydrogens (primary N) is 1. The predicted octanol–water partition coefficient (Wildman–Crippen LogP) is 3.98. The minimum atomic E-state index is -1.18. The normalized spacial score (nSPS) is 10.9. The summed E-state index contributed by atoms with van der Waals surface area (Å²) in [6, 6.07) is 11.0. The number of ether oxygens (including phenoxy) is 2. The highest BCUT2D eigenvalue weighted by Crippen LogP contribution is 2.33. The summed E-state index contributed by atoms with van der Waals surface area (Å²) in [4.78, 5) is 36.8. The Bertz CT molecular complexity index is 1850. The number of hydrogen-bond donors (Lipinski definition) is 4. The average molecular weight is 617 g/mol. The number of rotatable bonds is 12. The van der Waals surface area contributed by atoms with Gasteiger partial charge in [0.1, 0.15) is 5.75 Å². The van der Waals surface area contributed by atoms with Gasteiger partial charge in [0.25, 0.3) is 5.91 Å². The SMILES string of the molecule is CCc1cc(Nc2nccn3c(-c4ccc(Oc5ccc(OC)cn5)c(F)c4F)cnc23)ccc1C(=O)NCCNC(=O)CN. The second kappa shape index (κ2) is 13.8. The second-order valence-electron chi connectivity index (χ2n) is 9.65. The summed E-state index contributed by atoms with van der Waals surface area (Å²) in [6.45, 7) is 2.32. The number of halogens is 2. The zero-order valence-corrected chi connectivity index (χ0v) is 24.4. The van der Waals surface area contributed by atoms with E-state index in [1.807, 2.05) is 13.0 Å². The summed E-state index contributed by atoms with van der Waals surface area (Å²) in [5.41, 5.74) is 7.82. The van der Waals surface area contributed by atoms with Crippen LogP contribution in [0.1, 0.15) is 22.8 Å². The van der Waals surface area contributed by atoms with Crippen LogP contribution in [0.3, 0.4) is 0 Å². The van der Waals surface area contributed by atoms with Crippen LogP contribution in [0.5, 0.6) is 17.4 Å². The Balaban J connectivity index is 1.34. The first-order valence-corrected chi connectivity index (χ1v) is 14.0. The third kappa shape index (κ3) is 6.80. The minimum absolute atomic E-state index is 0.0292. The van der Waals surface area contributed by atoms with Gasteiger partial charge in [0, 0.05) is 48.4 Å². The summed E-state index contributed by atoms with van der Waals surface area (Å²) >= 11 is 0. The fourth-order valence-electron chi connectivity index (χ4n) is 4.54. The van der Waals surface area contributed by atoms with Crippen LogP contribution in [0.15, 0.2) is 67.3 Å². The highest BCUT2D eigenvalue weighted by Gasteiger charge is 2.20. The zero-order chi connectivity index (χ0) is 31.9. The Morgan fingerprint density at radius 1 is 0.978 bits per heavy atom. The number of carbonyl (C=O) groups is 2. The molecule has 45 heavy (non-hydrogen) atoms. The number of pyridine rings is 1. The number of benzene rings is 2. The van der Waals surface area contributed by atoms with Gasteiger partial charge in [-0.15, -0.1) is 0 Å². The van der Waals surface area contributed by atoms with Crippen molar-refractivity contribution in [3.8, 4) is 28.6 Å². The van der Waals surface area contributed by atoms with E-state index in [9.17, 15) is 9.59 Å². The van der Waals surface area contributed by atoms with Gasteiger partial charge in [-0.05, 0) is 48.4 Å². The molecule has 0 atom stereocenters. The number of nitrogens with one attached hydrogen (secondary N) is 3. The molecule has 0 radical (unpaired) electrons. The Labute approximate surface area is 256 Å². The summed E-state index contributed by atoms with van der Waals surface area (Å²) in [6.07, 6.45) is 6.50. The molecule has 3 heterocycles. The van der Waals surface area contributed by atoms with Gasteiger partial charge in [-0.2, -0.15) is 4.39 Å². The molecule has 5 rings (SSSR count). The number of nitrogens with zero attached hydrogens (tertiary/aromatic N) is 4. The Morgan fingerprint density at radius 3 is 2.53 bits per heavy atom. The molecule has 0 saturated heterocycles. The lowest BCUT2D eigenvalue weighted by Crippen LogP contribution is -2.37. The lowest BCUT2D eigenvalue weighted by atomic mass is 10.0. The maximum absolute atomic E-state index is 15.3. The van der Waals surface area contributed by atoms with Crippen LogP contribution in [0.4, 0.5) is 20.3 Å². The predicted molar refractivity (Wildman–Crippen MR) is 163 cm³/mol. The van der Waals surface area contributed by atoms with Crippen molar-refractivity contribution in [2.45, 2.75) is 13.3 Å². The van der Waals surface area contributed by atoms with Crippen molar-refractivity contribution >= 4 is 29.0 Å². The smallest absolute Gasteiger partial charge is 0.251 e. The lowest BCUT2D eigenvalue weighted by molar-refractivity contribution is -0.119. The summed E-state index contributed by atoms with van der Waals surface area (Å²) in [5.74, 6) is -2.25. The number of hydrogen-bond acceptors (Lipinski definition) is 9. The highest BCUT2D eigenvalue weighted by molar-refractivity contribution is 5.96. The summed E-state index contributed by atoms with van der Waals surface area (Å²) < 4.78 is 42.5. The highest BCUT2D eigenvalue weighted by atomic mass is 19.2.